The molecule has 64 valence electrons. The quantitative estimate of drug-likeness (QED) is 0.753. The van der Waals surface area contributed by atoms with Gasteiger partial charge in [0, 0.05) is 0 Å². The van der Waals surface area contributed by atoms with Crippen LogP contribution in [-0.2, 0) is 0 Å². The van der Waals surface area contributed by atoms with Crippen molar-refractivity contribution < 1.29 is 0 Å². The maximum atomic E-state index is 5.52. The van der Waals surface area contributed by atoms with E-state index in [1.165, 1.54) is 25.7 Å². The van der Waals surface area contributed by atoms with Crippen molar-refractivity contribution in [3.05, 3.63) is 0 Å². The zero-order chi connectivity index (χ0) is 7.11. The van der Waals surface area contributed by atoms with Gasteiger partial charge in [-0.05, 0) is 18.9 Å². The summed E-state index contributed by atoms with van der Waals surface area (Å²) in [6.07, 6.45) is 5.21. The monoisotopic (exact) mass is 257 g/mol. The predicted molar refractivity (Wildman–Crippen MR) is 57.8 cm³/mol. The lowest BCUT2D eigenvalue weighted by Gasteiger charge is -2.09. The van der Waals surface area contributed by atoms with Crippen LogP contribution < -0.4 is 5.73 Å². The Morgan fingerprint density at radius 1 is 1.30 bits per heavy atom. The Hall–Kier alpha value is 0.690. The van der Waals surface area contributed by atoms with E-state index in [9.17, 15) is 0 Å². The molecule has 0 radical (unpaired) electrons. The fraction of sp³-hybridized carbons (Fsp3) is 1.00. The second kappa shape index (κ2) is 9.69. The molecule has 0 amide bonds. The standard InChI is InChI=1S/C8H19N.HI/c1-3-5-6-8(4-2)7-9;/h8H,3-7,9H2,1-2H3;1H. The minimum atomic E-state index is 0. The summed E-state index contributed by atoms with van der Waals surface area (Å²) < 4.78 is 0. The summed E-state index contributed by atoms with van der Waals surface area (Å²) in [5.74, 6) is 0.782. The topological polar surface area (TPSA) is 26.0 Å². The molecule has 2 N–H and O–H groups in total. The van der Waals surface area contributed by atoms with E-state index in [1.54, 1.807) is 0 Å². The van der Waals surface area contributed by atoms with E-state index in [4.69, 9.17) is 5.73 Å². The minimum Gasteiger partial charge on any atom is -0.330 e. The molecule has 0 saturated carbocycles. The van der Waals surface area contributed by atoms with Crippen molar-refractivity contribution in [2.24, 2.45) is 11.7 Å². The van der Waals surface area contributed by atoms with E-state index in [-0.39, 0.29) is 24.0 Å². The van der Waals surface area contributed by atoms with Crippen LogP contribution in [0.2, 0.25) is 0 Å². The van der Waals surface area contributed by atoms with Crippen LogP contribution >= 0.6 is 24.0 Å². The SMILES string of the molecule is CCCCC(CC)CN.I. The van der Waals surface area contributed by atoms with Gasteiger partial charge in [0.25, 0.3) is 0 Å². The molecule has 1 atom stereocenters. The van der Waals surface area contributed by atoms with Gasteiger partial charge in [-0.15, -0.1) is 24.0 Å². The molecule has 0 saturated heterocycles. The van der Waals surface area contributed by atoms with Gasteiger partial charge in [0.2, 0.25) is 0 Å². The van der Waals surface area contributed by atoms with Crippen molar-refractivity contribution in [1.82, 2.24) is 0 Å². The van der Waals surface area contributed by atoms with Gasteiger partial charge in [-0.1, -0.05) is 33.1 Å². The Morgan fingerprint density at radius 3 is 2.20 bits per heavy atom. The Labute approximate surface area is 81.8 Å². The highest BCUT2D eigenvalue weighted by molar-refractivity contribution is 14.0. The third kappa shape index (κ3) is 6.81. The molecule has 0 bridgehead atoms. The normalized spacial score (nSPS) is 12.3. The van der Waals surface area contributed by atoms with Gasteiger partial charge in [-0.3, -0.25) is 0 Å². The van der Waals surface area contributed by atoms with Gasteiger partial charge < -0.3 is 5.73 Å². The Kier molecular flexibility index (Phi) is 12.9. The number of hydrogen-bond donors (Lipinski definition) is 1. The molecule has 1 nitrogen and oxygen atoms in total. The first kappa shape index (κ1) is 13.3. The number of nitrogens with two attached hydrogens (primary N) is 1. The summed E-state index contributed by atoms with van der Waals surface area (Å²) in [5.41, 5.74) is 5.52. The highest BCUT2D eigenvalue weighted by Crippen LogP contribution is 2.09. The first-order valence-corrected chi connectivity index (χ1v) is 4.05. The van der Waals surface area contributed by atoms with Gasteiger partial charge in [0.1, 0.15) is 0 Å². The van der Waals surface area contributed by atoms with Gasteiger partial charge >= 0.3 is 0 Å². The molecule has 0 aromatic carbocycles. The molecule has 2 heteroatoms. The molecular weight excluding hydrogens is 237 g/mol. The molecular formula is C8H20IN. The van der Waals surface area contributed by atoms with Crippen molar-refractivity contribution in [1.29, 1.82) is 0 Å². The van der Waals surface area contributed by atoms with E-state index >= 15 is 0 Å². The van der Waals surface area contributed by atoms with Crippen LogP contribution in [-0.4, -0.2) is 6.54 Å². The number of unbranched alkanes of at least 4 members (excludes halogenated alkanes) is 1. The lowest BCUT2D eigenvalue weighted by molar-refractivity contribution is 0.461. The first-order valence-electron chi connectivity index (χ1n) is 4.05. The van der Waals surface area contributed by atoms with Gasteiger partial charge in [-0.25, -0.2) is 0 Å². The van der Waals surface area contributed by atoms with Crippen molar-refractivity contribution >= 4 is 24.0 Å². The van der Waals surface area contributed by atoms with Crippen molar-refractivity contribution in [2.75, 3.05) is 6.54 Å². The smallest absolute Gasteiger partial charge is 0.00490 e. The van der Waals surface area contributed by atoms with E-state index in [0.717, 1.165) is 12.5 Å². The fourth-order valence-electron chi connectivity index (χ4n) is 0.981. The average molecular weight is 257 g/mol. The van der Waals surface area contributed by atoms with E-state index in [0.29, 0.717) is 0 Å². The third-order valence-electron chi connectivity index (χ3n) is 1.88. The molecule has 0 rings (SSSR count). The summed E-state index contributed by atoms with van der Waals surface area (Å²) in [6, 6.07) is 0. The molecule has 0 spiro atoms. The van der Waals surface area contributed by atoms with Gasteiger partial charge in [0.05, 0.1) is 0 Å². The van der Waals surface area contributed by atoms with Crippen LogP contribution in [0.15, 0.2) is 0 Å². The summed E-state index contributed by atoms with van der Waals surface area (Å²) in [7, 11) is 0. The van der Waals surface area contributed by atoms with Crippen LogP contribution in [0.4, 0.5) is 0 Å². The van der Waals surface area contributed by atoms with Crippen LogP contribution in [0, 0.1) is 5.92 Å². The van der Waals surface area contributed by atoms with Crippen molar-refractivity contribution in [2.45, 2.75) is 39.5 Å². The second-order valence-corrected chi connectivity index (χ2v) is 2.65. The Morgan fingerprint density at radius 2 is 1.90 bits per heavy atom. The highest BCUT2D eigenvalue weighted by Gasteiger charge is 2.00. The van der Waals surface area contributed by atoms with Crippen LogP contribution in [0.1, 0.15) is 39.5 Å². The number of rotatable bonds is 5. The molecule has 0 fully saturated rings. The van der Waals surface area contributed by atoms with Crippen molar-refractivity contribution in [3.63, 3.8) is 0 Å². The third-order valence-corrected chi connectivity index (χ3v) is 1.88. The van der Waals surface area contributed by atoms with Gasteiger partial charge in [-0.2, -0.15) is 0 Å². The Balaban J connectivity index is 0. The Bertz CT molecular complexity index is 53.2. The molecule has 0 aromatic heterocycles. The molecule has 0 aliphatic carbocycles. The second-order valence-electron chi connectivity index (χ2n) is 2.65. The molecule has 0 aliphatic heterocycles. The number of hydrogen-bond acceptors (Lipinski definition) is 1. The summed E-state index contributed by atoms with van der Waals surface area (Å²) in [4.78, 5) is 0. The van der Waals surface area contributed by atoms with Crippen LogP contribution in [0.5, 0.6) is 0 Å². The predicted octanol–water partition coefficient (Wildman–Crippen LogP) is 2.78. The summed E-state index contributed by atoms with van der Waals surface area (Å²) >= 11 is 0. The van der Waals surface area contributed by atoms with Crippen LogP contribution in [0.25, 0.3) is 0 Å². The molecule has 0 aromatic rings. The zero-order valence-electron chi connectivity index (χ0n) is 7.10. The molecule has 10 heavy (non-hydrogen) atoms. The molecule has 0 heterocycles. The van der Waals surface area contributed by atoms with E-state index < -0.39 is 0 Å². The van der Waals surface area contributed by atoms with Crippen LogP contribution in [0.3, 0.4) is 0 Å². The maximum absolute atomic E-state index is 5.52. The lowest BCUT2D eigenvalue weighted by atomic mass is 10.00. The largest absolute Gasteiger partial charge is 0.330 e. The van der Waals surface area contributed by atoms with Gasteiger partial charge in [0.15, 0.2) is 0 Å². The average Bonchev–Trinajstić information content (AvgIpc) is 1.91. The fourth-order valence-corrected chi connectivity index (χ4v) is 0.981. The zero-order valence-corrected chi connectivity index (χ0v) is 9.43. The molecule has 0 aliphatic rings. The lowest BCUT2D eigenvalue weighted by Crippen LogP contribution is -2.12. The maximum Gasteiger partial charge on any atom is -0.00490 e. The van der Waals surface area contributed by atoms with E-state index in [2.05, 4.69) is 13.8 Å². The number of halogens is 1. The summed E-state index contributed by atoms with van der Waals surface area (Å²) in [6.45, 7) is 5.31. The minimum absolute atomic E-state index is 0. The highest BCUT2D eigenvalue weighted by atomic mass is 127. The summed E-state index contributed by atoms with van der Waals surface area (Å²) in [5, 5.41) is 0. The molecule has 1 unspecified atom stereocenters. The first-order chi connectivity index (χ1) is 4.35. The van der Waals surface area contributed by atoms with E-state index in [1.807, 2.05) is 0 Å². The van der Waals surface area contributed by atoms with Crippen molar-refractivity contribution in [3.8, 4) is 0 Å².